The Morgan fingerprint density at radius 1 is 1.21 bits per heavy atom. The topological polar surface area (TPSA) is 81.4 Å². The normalized spacial score (nSPS) is 14.8. The molecule has 2 heterocycles. The largest absolute Gasteiger partial charge is 0.469 e. The number of anilines is 1. The first-order chi connectivity index (χ1) is 13.6. The molecule has 3 aromatic rings. The van der Waals surface area contributed by atoms with Crippen molar-refractivity contribution in [1.29, 1.82) is 0 Å². The molecule has 1 N–H and O–H groups in total. The summed E-state index contributed by atoms with van der Waals surface area (Å²) < 4.78 is 19.4. The van der Waals surface area contributed by atoms with E-state index in [-0.39, 0.29) is 23.6 Å². The fourth-order valence-corrected chi connectivity index (χ4v) is 3.31. The van der Waals surface area contributed by atoms with Gasteiger partial charge in [0.1, 0.15) is 11.6 Å². The average molecular weight is 383 g/mol. The number of esters is 1. The van der Waals surface area contributed by atoms with Crippen LogP contribution >= 0.6 is 0 Å². The third-order valence-electron chi connectivity index (χ3n) is 5.20. The summed E-state index contributed by atoms with van der Waals surface area (Å²) in [5.74, 6) is 0.858. The van der Waals surface area contributed by atoms with Gasteiger partial charge in [0.2, 0.25) is 0 Å². The van der Waals surface area contributed by atoms with E-state index in [2.05, 4.69) is 25.3 Å². The van der Waals surface area contributed by atoms with Crippen LogP contribution < -0.4 is 5.32 Å². The third kappa shape index (κ3) is 4.11. The molecule has 1 aliphatic carbocycles. The Bertz CT molecular complexity index is 982. The second-order valence-electron chi connectivity index (χ2n) is 7.34. The Hall–Kier alpha value is -3.03. The molecule has 0 radical (unpaired) electrons. The van der Waals surface area contributed by atoms with Crippen LogP contribution in [0.4, 0.5) is 10.2 Å². The molecule has 0 spiro atoms. The maximum atomic E-state index is 13.1. The van der Waals surface area contributed by atoms with Gasteiger partial charge in [-0.25, -0.2) is 4.39 Å². The molecule has 1 saturated carbocycles. The standard InChI is InChI=1S/C20H22FN5O2/c1-28-19(27)9-8-18-24-23-17-7-6-16(25-26(17)18)22-13-20(10-11-20)12-14-2-4-15(21)5-3-14/h2-7H,8-13H2,1H3,(H,22,25). The molecule has 1 fully saturated rings. The molecule has 8 heteroatoms. The molecule has 4 rings (SSSR count). The first-order valence-corrected chi connectivity index (χ1v) is 9.33. The predicted molar refractivity (Wildman–Crippen MR) is 101 cm³/mol. The predicted octanol–water partition coefficient (Wildman–Crippen LogP) is 2.80. The van der Waals surface area contributed by atoms with E-state index >= 15 is 0 Å². The summed E-state index contributed by atoms with van der Waals surface area (Å²) in [4.78, 5) is 11.4. The number of rotatable bonds is 8. The summed E-state index contributed by atoms with van der Waals surface area (Å²) in [5.41, 5.74) is 1.97. The van der Waals surface area contributed by atoms with E-state index in [0.717, 1.165) is 37.2 Å². The number of carbonyl (C=O) groups excluding carboxylic acids is 1. The van der Waals surface area contributed by atoms with Gasteiger partial charge in [0.05, 0.1) is 13.5 Å². The molecule has 7 nitrogen and oxygen atoms in total. The average Bonchev–Trinajstić information content (AvgIpc) is 3.36. The molecule has 0 bridgehead atoms. The fourth-order valence-electron chi connectivity index (χ4n) is 3.31. The summed E-state index contributed by atoms with van der Waals surface area (Å²) in [7, 11) is 1.37. The van der Waals surface area contributed by atoms with Crippen LogP contribution in [0.25, 0.3) is 5.65 Å². The highest BCUT2D eigenvalue weighted by Gasteiger charge is 2.42. The monoisotopic (exact) mass is 383 g/mol. The van der Waals surface area contributed by atoms with Gasteiger partial charge < -0.3 is 10.1 Å². The van der Waals surface area contributed by atoms with Crippen LogP contribution in [0.2, 0.25) is 0 Å². The number of nitrogens with one attached hydrogen (secondary N) is 1. The number of aryl methyl sites for hydroxylation is 1. The van der Waals surface area contributed by atoms with Crippen molar-refractivity contribution in [3.63, 3.8) is 0 Å². The number of fused-ring (bicyclic) bond motifs is 1. The number of hydrogen-bond acceptors (Lipinski definition) is 6. The van der Waals surface area contributed by atoms with Gasteiger partial charge in [0, 0.05) is 13.0 Å². The van der Waals surface area contributed by atoms with Crippen LogP contribution in [-0.2, 0) is 22.4 Å². The van der Waals surface area contributed by atoms with Crippen LogP contribution in [-0.4, -0.2) is 39.4 Å². The van der Waals surface area contributed by atoms with Crippen LogP contribution in [0, 0.1) is 11.2 Å². The molecule has 0 amide bonds. The second kappa shape index (κ2) is 7.53. The van der Waals surface area contributed by atoms with E-state index in [1.807, 2.05) is 24.3 Å². The SMILES string of the molecule is COC(=O)CCc1nnc2ccc(NCC3(Cc4ccc(F)cc4)CC3)nn12. The maximum absolute atomic E-state index is 13.1. The number of ether oxygens (including phenoxy) is 1. The first-order valence-electron chi connectivity index (χ1n) is 9.33. The number of aromatic nitrogens is 4. The Morgan fingerprint density at radius 3 is 2.71 bits per heavy atom. The molecule has 1 aliphatic rings. The van der Waals surface area contributed by atoms with Gasteiger partial charge in [-0.05, 0) is 54.5 Å². The number of methoxy groups -OCH3 is 1. The number of hydrogen-bond donors (Lipinski definition) is 1. The first kappa shape index (κ1) is 18.3. The molecule has 0 saturated heterocycles. The molecular formula is C20H22FN5O2. The van der Waals surface area contributed by atoms with Crippen molar-refractivity contribution in [1.82, 2.24) is 19.8 Å². The number of halogens is 1. The molecule has 1 aromatic carbocycles. The van der Waals surface area contributed by atoms with Crippen molar-refractivity contribution in [2.75, 3.05) is 19.0 Å². The van der Waals surface area contributed by atoms with Crippen LogP contribution in [0.15, 0.2) is 36.4 Å². The zero-order valence-corrected chi connectivity index (χ0v) is 15.7. The Morgan fingerprint density at radius 2 is 2.00 bits per heavy atom. The zero-order valence-electron chi connectivity index (χ0n) is 15.7. The van der Waals surface area contributed by atoms with Gasteiger partial charge in [-0.3, -0.25) is 4.79 Å². The van der Waals surface area contributed by atoms with Gasteiger partial charge in [-0.15, -0.1) is 15.3 Å². The van der Waals surface area contributed by atoms with E-state index in [9.17, 15) is 9.18 Å². The van der Waals surface area contributed by atoms with Crippen molar-refractivity contribution in [2.45, 2.75) is 32.1 Å². The van der Waals surface area contributed by atoms with Crippen LogP contribution in [0.1, 0.15) is 30.7 Å². The Balaban J connectivity index is 1.41. The third-order valence-corrected chi connectivity index (χ3v) is 5.20. The molecule has 146 valence electrons. The summed E-state index contributed by atoms with van der Waals surface area (Å²) >= 11 is 0. The summed E-state index contributed by atoms with van der Waals surface area (Å²) in [6.45, 7) is 0.794. The molecular weight excluding hydrogens is 361 g/mol. The summed E-state index contributed by atoms with van der Waals surface area (Å²) in [6.07, 6.45) is 3.84. The van der Waals surface area contributed by atoms with Gasteiger partial charge in [-0.2, -0.15) is 4.52 Å². The lowest BCUT2D eigenvalue weighted by Crippen LogP contribution is -2.19. The van der Waals surface area contributed by atoms with Crippen molar-refractivity contribution >= 4 is 17.4 Å². The minimum Gasteiger partial charge on any atom is -0.469 e. The van der Waals surface area contributed by atoms with E-state index in [4.69, 9.17) is 0 Å². The lowest BCUT2D eigenvalue weighted by molar-refractivity contribution is -0.140. The highest BCUT2D eigenvalue weighted by molar-refractivity contribution is 5.69. The Labute approximate surface area is 161 Å². The number of benzene rings is 1. The van der Waals surface area contributed by atoms with E-state index < -0.39 is 0 Å². The van der Waals surface area contributed by atoms with Gasteiger partial charge in [0.25, 0.3) is 0 Å². The van der Waals surface area contributed by atoms with Gasteiger partial charge in [-0.1, -0.05) is 12.1 Å². The quantitative estimate of drug-likeness (QED) is 0.603. The molecule has 0 atom stereocenters. The molecule has 0 aliphatic heterocycles. The van der Waals surface area contributed by atoms with Crippen LogP contribution in [0.3, 0.4) is 0 Å². The van der Waals surface area contributed by atoms with Crippen molar-refractivity contribution in [3.8, 4) is 0 Å². The Kier molecular flexibility index (Phi) is 4.93. The smallest absolute Gasteiger partial charge is 0.305 e. The van der Waals surface area contributed by atoms with E-state index in [1.165, 1.54) is 19.2 Å². The minimum absolute atomic E-state index is 0.190. The highest BCUT2D eigenvalue weighted by Crippen LogP contribution is 2.48. The number of carbonyl (C=O) groups is 1. The zero-order chi connectivity index (χ0) is 19.6. The molecule has 0 unspecified atom stereocenters. The minimum atomic E-state index is -0.289. The highest BCUT2D eigenvalue weighted by atomic mass is 19.1. The molecule has 28 heavy (non-hydrogen) atoms. The van der Waals surface area contributed by atoms with Crippen molar-refractivity contribution < 1.29 is 13.9 Å². The number of nitrogens with zero attached hydrogens (tertiary/aromatic N) is 4. The van der Waals surface area contributed by atoms with Crippen molar-refractivity contribution in [2.24, 2.45) is 5.41 Å². The van der Waals surface area contributed by atoms with E-state index in [0.29, 0.717) is 17.9 Å². The van der Waals surface area contributed by atoms with Crippen LogP contribution in [0.5, 0.6) is 0 Å². The lowest BCUT2D eigenvalue weighted by atomic mass is 9.96. The van der Waals surface area contributed by atoms with Crippen molar-refractivity contribution in [3.05, 3.63) is 53.6 Å². The second-order valence-corrected chi connectivity index (χ2v) is 7.34. The molecule has 2 aromatic heterocycles. The van der Waals surface area contributed by atoms with Gasteiger partial charge >= 0.3 is 5.97 Å². The lowest BCUT2D eigenvalue weighted by Gasteiger charge is -2.16. The van der Waals surface area contributed by atoms with E-state index in [1.54, 1.807) is 4.52 Å². The summed E-state index contributed by atoms with van der Waals surface area (Å²) in [5, 5.41) is 16.2. The maximum Gasteiger partial charge on any atom is 0.305 e. The fraction of sp³-hybridized carbons (Fsp3) is 0.400. The summed E-state index contributed by atoms with van der Waals surface area (Å²) in [6, 6.07) is 10.5. The van der Waals surface area contributed by atoms with Gasteiger partial charge in [0.15, 0.2) is 11.5 Å².